The average molecular weight is 274 g/mol. The summed E-state index contributed by atoms with van der Waals surface area (Å²) in [5.41, 5.74) is 3.52. The zero-order chi connectivity index (χ0) is 11.1. The summed E-state index contributed by atoms with van der Waals surface area (Å²) in [5, 5.41) is 0. The Morgan fingerprint density at radius 3 is 2.75 bits per heavy atom. The summed E-state index contributed by atoms with van der Waals surface area (Å²) in [6, 6.07) is 7.59. The van der Waals surface area contributed by atoms with Crippen LogP contribution in [0, 0.1) is 0 Å². The van der Waals surface area contributed by atoms with Crippen molar-refractivity contribution in [3.8, 4) is 0 Å². The first-order valence-electron chi connectivity index (χ1n) is 5.02. The van der Waals surface area contributed by atoms with E-state index in [1.54, 1.807) is 0 Å². The number of hydrogen-bond acceptors (Lipinski definition) is 1. The van der Waals surface area contributed by atoms with Gasteiger partial charge in [-0.25, -0.2) is 4.99 Å². The van der Waals surface area contributed by atoms with Crippen LogP contribution in [0.3, 0.4) is 0 Å². The fourth-order valence-corrected chi connectivity index (χ4v) is 2.52. The molecule has 1 unspecified atom stereocenters. The molecule has 16 heavy (non-hydrogen) atoms. The zero-order valence-electron chi connectivity index (χ0n) is 8.35. The van der Waals surface area contributed by atoms with E-state index in [0.29, 0.717) is 5.56 Å². The average Bonchev–Trinajstić information content (AvgIpc) is 2.31. The molecule has 0 bridgehead atoms. The second-order valence-electron chi connectivity index (χ2n) is 3.71. The molecule has 0 fully saturated rings. The summed E-state index contributed by atoms with van der Waals surface area (Å²) >= 11 is 3.50. The second-order valence-corrected chi connectivity index (χ2v) is 4.70. The number of halogens is 1. The third-order valence-corrected chi connectivity index (χ3v) is 3.49. The van der Waals surface area contributed by atoms with Crippen molar-refractivity contribution in [1.29, 1.82) is 0 Å². The van der Waals surface area contributed by atoms with Gasteiger partial charge in [-0.15, -0.1) is 0 Å². The van der Waals surface area contributed by atoms with Crippen molar-refractivity contribution >= 4 is 33.1 Å². The molecular formula is C13H8BrNO. The van der Waals surface area contributed by atoms with E-state index in [0.717, 1.165) is 16.8 Å². The van der Waals surface area contributed by atoms with E-state index < -0.39 is 0 Å². The number of allylic oxidation sites excluding steroid dienone is 4. The van der Waals surface area contributed by atoms with E-state index in [2.05, 4.69) is 20.9 Å². The van der Waals surface area contributed by atoms with Crippen LogP contribution in [0.4, 0.5) is 0 Å². The lowest BCUT2D eigenvalue weighted by molar-refractivity contribution is 0.100. The predicted molar refractivity (Wildman–Crippen MR) is 68.0 cm³/mol. The van der Waals surface area contributed by atoms with Gasteiger partial charge >= 0.3 is 0 Å². The first kappa shape index (κ1) is 9.73. The van der Waals surface area contributed by atoms with Gasteiger partial charge in [-0.05, 0) is 11.6 Å². The molecule has 1 aromatic carbocycles. The van der Waals surface area contributed by atoms with Crippen LogP contribution in [0.5, 0.6) is 0 Å². The maximum Gasteiger partial charge on any atom is 0.277 e. The number of alkyl halides is 1. The molecule has 0 saturated carbocycles. The molecular weight excluding hydrogens is 266 g/mol. The molecule has 1 aliphatic carbocycles. The highest BCUT2D eigenvalue weighted by Crippen LogP contribution is 2.31. The molecule has 2 nitrogen and oxygen atoms in total. The fraction of sp³-hybridized carbons (Fsp3) is 0.0769. The highest BCUT2D eigenvalue weighted by atomic mass is 79.9. The van der Waals surface area contributed by atoms with Gasteiger partial charge in [-0.3, -0.25) is 4.79 Å². The van der Waals surface area contributed by atoms with Gasteiger partial charge in [0.15, 0.2) is 0 Å². The van der Waals surface area contributed by atoms with Gasteiger partial charge in [0.1, 0.15) is 0 Å². The third kappa shape index (κ3) is 1.32. The Labute approximate surface area is 102 Å². The lowest BCUT2D eigenvalue weighted by Gasteiger charge is -2.22. The number of aliphatic imine (C=N–C) groups is 1. The summed E-state index contributed by atoms with van der Waals surface area (Å²) in [7, 11) is 0. The summed E-state index contributed by atoms with van der Waals surface area (Å²) in [6.07, 6.45) is 5.96. The van der Waals surface area contributed by atoms with Crippen LogP contribution in [0.15, 0.2) is 47.5 Å². The standard InChI is InChI=1S/C13H8BrNO/c14-11-7-3-6-9-8-4-1-2-5-10(8)13(16)15-12(9)11/h1-7,11H. The van der Waals surface area contributed by atoms with E-state index in [9.17, 15) is 4.79 Å². The summed E-state index contributed by atoms with van der Waals surface area (Å²) in [6.45, 7) is 0. The van der Waals surface area contributed by atoms with Crippen molar-refractivity contribution in [1.82, 2.24) is 0 Å². The summed E-state index contributed by atoms with van der Waals surface area (Å²) in [5.74, 6) is -0.150. The van der Waals surface area contributed by atoms with Crippen molar-refractivity contribution in [2.24, 2.45) is 4.99 Å². The van der Waals surface area contributed by atoms with Crippen molar-refractivity contribution < 1.29 is 4.79 Å². The maximum atomic E-state index is 11.8. The quantitative estimate of drug-likeness (QED) is 0.669. The molecule has 0 saturated heterocycles. The summed E-state index contributed by atoms with van der Waals surface area (Å²) < 4.78 is 0. The molecule has 1 aliphatic heterocycles. The lowest BCUT2D eigenvalue weighted by Crippen LogP contribution is -2.23. The summed E-state index contributed by atoms with van der Waals surface area (Å²) in [4.78, 5) is 16.0. The number of rotatable bonds is 0. The number of amides is 1. The minimum atomic E-state index is -0.150. The van der Waals surface area contributed by atoms with Crippen LogP contribution in [0.2, 0.25) is 0 Å². The number of hydrogen-bond donors (Lipinski definition) is 0. The monoisotopic (exact) mass is 273 g/mol. The molecule has 3 heteroatoms. The van der Waals surface area contributed by atoms with E-state index in [1.165, 1.54) is 0 Å². The number of benzene rings is 1. The van der Waals surface area contributed by atoms with Crippen LogP contribution < -0.4 is 0 Å². The third-order valence-electron chi connectivity index (χ3n) is 2.75. The van der Waals surface area contributed by atoms with Gasteiger partial charge in [0.05, 0.1) is 10.5 Å². The van der Waals surface area contributed by atoms with Gasteiger partial charge in [0.25, 0.3) is 5.91 Å². The molecule has 78 valence electrons. The van der Waals surface area contributed by atoms with E-state index in [1.807, 2.05) is 42.5 Å². The molecule has 0 N–H and O–H groups in total. The SMILES string of the molecule is O=C1N=C2C(=CC=CC2Br)c2ccccc21. The Bertz CT molecular complexity index is 569. The minimum absolute atomic E-state index is 0.0322. The Morgan fingerprint density at radius 2 is 1.94 bits per heavy atom. The van der Waals surface area contributed by atoms with Crippen molar-refractivity contribution in [3.05, 3.63) is 53.6 Å². The van der Waals surface area contributed by atoms with Crippen molar-refractivity contribution in [2.75, 3.05) is 0 Å². The first-order chi connectivity index (χ1) is 7.77. The van der Waals surface area contributed by atoms with Crippen LogP contribution in [0.1, 0.15) is 15.9 Å². The van der Waals surface area contributed by atoms with Crippen LogP contribution in [-0.2, 0) is 0 Å². The van der Waals surface area contributed by atoms with Crippen LogP contribution >= 0.6 is 15.9 Å². The molecule has 0 spiro atoms. The number of nitrogens with zero attached hydrogens (tertiary/aromatic N) is 1. The Kier molecular flexibility index (Phi) is 2.14. The molecule has 2 aliphatic rings. The highest BCUT2D eigenvalue weighted by Gasteiger charge is 2.27. The van der Waals surface area contributed by atoms with Crippen molar-refractivity contribution in [2.45, 2.75) is 4.83 Å². The molecule has 0 aromatic heterocycles. The Hall–Kier alpha value is -1.48. The Morgan fingerprint density at radius 1 is 1.19 bits per heavy atom. The van der Waals surface area contributed by atoms with E-state index in [4.69, 9.17) is 0 Å². The number of fused-ring (bicyclic) bond motifs is 3. The smallest absolute Gasteiger partial charge is 0.267 e. The fourth-order valence-electron chi connectivity index (χ4n) is 2.00. The van der Waals surface area contributed by atoms with Gasteiger partial charge < -0.3 is 0 Å². The molecule has 1 aromatic rings. The van der Waals surface area contributed by atoms with Crippen molar-refractivity contribution in [3.63, 3.8) is 0 Å². The maximum absolute atomic E-state index is 11.8. The topological polar surface area (TPSA) is 29.4 Å². The number of carbonyl (C=O) groups is 1. The molecule has 1 heterocycles. The largest absolute Gasteiger partial charge is 0.277 e. The predicted octanol–water partition coefficient (Wildman–Crippen LogP) is 3.00. The molecule has 0 radical (unpaired) electrons. The van der Waals surface area contributed by atoms with Gasteiger partial charge in [0.2, 0.25) is 0 Å². The van der Waals surface area contributed by atoms with Crippen LogP contribution in [-0.4, -0.2) is 16.4 Å². The lowest BCUT2D eigenvalue weighted by atomic mass is 9.89. The molecule has 1 amide bonds. The zero-order valence-corrected chi connectivity index (χ0v) is 9.94. The normalized spacial score (nSPS) is 22.1. The first-order valence-corrected chi connectivity index (χ1v) is 5.94. The molecule has 1 atom stereocenters. The minimum Gasteiger partial charge on any atom is -0.267 e. The van der Waals surface area contributed by atoms with E-state index in [-0.39, 0.29) is 10.7 Å². The van der Waals surface area contributed by atoms with Gasteiger partial charge in [-0.2, -0.15) is 0 Å². The highest BCUT2D eigenvalue weighted by molar-refractivity contribution is 9.10. The van der Waals surface area contributed by atoms with Gasteiger partial charge in [0, 0.05) is 11.1 Å². The van der Waals surface area contributed by atoms with Gasteiger partial charge in [-0.1, -0.05) is 52.4 Å². The van der Waals surface area contributed by atoms with E-state index >= 15 is 0 Å². The second kappa shape index (κ2) is 3.52. The molecule has 3 rings (SSSR count). The van der Waals surface area contributed by atoms with Crippen LogP contribution in [0.25, 0.3) is 5.57 Å². The number of carbonyl (C=O) groups excluding carboxylic acids is 1. The Balaban J connectivity index is 2.28.